The molecule has 0 spiro atoms. The minimum Gasteiger partial charge on any atom is -0.439 e. The van der Waals surface area contributed by atoms with Crippen LogP contribution in [-0.2, 0) is 14.3 Å². The number of carbonyl (C=O) groups excluding carboxylic acids is 3. The maximum absolute atomic E-state index is 14.2. The number of amides is 2. The van der Waals surface area contributed by atoms with Crippen LogP contribution in [0.2, 0.25) is 5.02 Å². The van der Waals surface area contributed by atoms with Gasteiger partial charge in [-0.2, -0.15) is 13.2 Å². The molecule has 0 aliphatic carbocycles. The number of benzene rings is 4. The molecule has 0 bridgehead atoms. The van der Waals surface area contributed by atoms with Crippen LogP contribution in [0.15, 0.2) is 113 Å². The summed E-state index contributed by atoms with van der Waals surface area (Å²) in [4.78, 5) is 40.7. The lowest BCUT2D eigenvalue weighted by Crippen LogP contribution is -2.55. The highest BCUT2D eigenvalue weighted by molar-refractivity contribution is 7.99. The molecule has 0 aliphatic rings. The van der Waals surface area contributed by atoms with Crippen LogP contribution in [0.5, 0.6) is 0 Å². The number of rotatable bonds is 13. The van der Waals surface area contributed by atoms with Gasteiger partial charge in [0.1, 0.15) is 0 Å². The molecule has 0 heterocycles. The number of nitrogens with one attached hydrogen (secondary N) is 1. The number of nitrogens with zero attached hydrogens (tertiary/aromatic N) is 1. The Kier molecular flexibility index (Phi) is 12.7. The number of hydrogen-bond donors (Lipinski definition) is 1. The second-order valence-electron chi connectivity index (χ2n) is 11.2. The van der Waals surface area contributed by atoms with Crippen molar-refractivity contribution in [2.24, 2.45) is 0 Å². The van der Waals surface area contributed by atoms with Gasteiger partial charge in [-0.05, 0) is 86.9 Å². The van der Waals surface area contributed by atoms with Gasteiger partial charge in [0.15, 0.2) is 0 Å². The molecule has 4 aromatic rings. The molecular weight excluding hydrogens is 680 g/mol. The van der Waals surface area contributed by atoms with Crippen molar-refractivity contribution in [1.82, 2.24) is 4.90 Å². The normalized spacial score (nSPS) is 12.7. The second kappa shape index (κ2) is 16.5. The summed E-state index contributed by atoms with van der Waals surface area (Å²) in [6, 6.07) is 31.3. The van der Waals surface area contributed by atoms with E-state index in [0.29, 0.717) is 30.2 Å². The highest BCUT2D eigenvalue weighted by atomic mass is 35.5. The van der Waals surface area contributed by atoms with Crippen molar-refractivity contribution in [3.8, 4) is 0 Å². The average molecular weight is 715 g/mol. The Labute approximate surface area is 288 Å². The lowest BCUT2D eigenvalue weighted by molar-refractivity contribution is -0.254. The molecule has 0 radical (unpaired) electrons. The summed E-state index contributed by atoms with van der Waals surface area (Å²) in [5.41, 5.74) is -2.98. The molecule has 2 amide bonds. The van der Waals surface area contributed by atoms with Crippen LogP contribution in [0.3, 0.4) is 0 Å². The van der Waals surface area contributed by atoms with Gasteiger partial charge >= 0.3 is 12.1 Å². The van der Waals surface area contributed by atoms with Gasteiger partial charge in [-0.15, -0.1) is 0 Å². The molecule has 0 fully saturated rings. The molecule has 4 aromatic carbocycles. The molecule has 0 saturated carbocycles. The van der Waals surface area contributed by atoms with E-state index in [-0.39, 0.29) is 23.0 Å². The summed E-state index contributed by atoms with van der Waals surface area (Å²) < 4.78 is 47.5. The standard InChI is InChI=1S/C36H35ClF3N2O4PS/c1-35(36(38,39)40,46-32(43)16-10-11-23-47(26-12-6-4-7-13-26)27-14-8-5-9-15-27)34(45)41-31-22-21-29(24-30(31)37)48-28-19-17-25(18-20-28)33(44)42(2)3/h4-9,12-15,17-22,24H,10-11,16,23H2,1-3H3,(H,41,45). The lowest BCUT2D eigenvalue weighted by Gasteiger charge is -2.30. The highest BCUT2D eigenvalue weighted by Crippen LogP contribution is 2.38. The van der Waals surface area contributed by atoms with Crippen molar-refractivity contribution in [1.29, 1.82) is 0 Å². The Morgan fingerprint density at radius 2 is 1.40 bits per heavy atom. The summed E-state index contributed by atoms with van der Waals surface area (Å²) in [5.74, 6) is -2.82. The highest BCUT2D eigenvalue weighted by Gasteiger charge is 2.60. The van der Waals surface area contributed by atoms with Crippen molar-refractivity contribution in [2.75, 3.05) is 25.6 Å². The van der Waals surface area contributed by atoms with Gasteiger partial charge in [-0.25, -0.2) is 0 Å². The molecule has 0 saturated heterocycles. The van der Waals surface area contributed by atoms with Gasteiger partial charge in [0.05, 0.1) is 10.7 Å². The number of halogens is 4. The number of unbranched alkanes of at least 4 members (excludes halogenated alkanes) is 1. The maximum atomic E-state index is 14.2. The monoisotopic (exact) mass is 714 g/mol. The van der Waals surface area contributed by atoms with E-state index in [9.17, 15) is 27.6 Å². The largest absolute Gasteiger partial charge is 0.439 e. The number of carbonyl (C=O) groups is 3. The van der Waals surface area contributed by atoms with Crippen LogP contribution in [0.1, 0.15) is 36.5 Å². The fourth-order valence-electron chi connectivity index (χ4n) is 4.64. The smallest absolute Gasteiger partial charge is 0.437 e. The van der Waals surface area contributed by atoms with Gasteiger partial charge in [0, 0.05) is 35.9 Å². The van der Waals surface area contributed by atoms with Crippen molar-refractivity contribution in [2.45, 2.75) is 47.8 Å². The Morgan fingerprint density at radius 1 is 0.833 bits per heavy atom. The fourth-order valence-corrected chi connectivity index (χ4v) is 8.20. The SMILES string of the molecule is CN(C)C(=O)c1ccc(Sc2ccc(NC(=O)C(C)(OC(=O)CCCCP(c3ccccc3)c3ccccc3)C(F)(F)F)c(Cl)c2)cc1. The van der Waals surface area contributed by atoms with Gasteiger partial charge in [0.25, 0.3) is 17.4 Å². The zero-order valence-electron chi connectivity index (χ0n) is 26.6. The van der Waals surface area contributed by atoms with Crippen LogP contribution in [-0.4, -0.2) is 54.7 Å². The fraction of sp³-hybridized carbons (Fsp3) is 0.250. The van der Waals surface area contributed by atoms with E-state index in [1.807, 2.05) is 60.7 Å². The Morgan fingerprint density at radius 3 is 1.92 bits per heavy atom. The molecule has 48 heavy (non-hydrogen) atoms. The summed E-state index contributed by atoms with van der Waals surface area (Å²) in [7, 11) is 2.60. The Bertz CT molecular complexity index is 1670. The zero-order valence-corrected chi connectivity index (χ0v) is 29.1. The van der Waals surface area contributed by atoms with Crippen LogP contribution < -0.4 is 15.9 Å². The average Bonchev–Trinajstić information content (AvgIpc) is 3.06. The lowest BCUT2D eigenvalue weighted by atomic mass is 10.0. The molecule has 4 rings (SSSR count). The predicted octanol–water partition coefficient (Wildman–Crippen LogP) is 8.30. The third kappa shape index (κ3) is 9.62. The molecule has 0 aromatic heterocycles. The predicted molar refractivity (Wildman–Crippen MR) is 187 cm³/mol. The van der Waals surface area contributed by atoms with E-state index in [2.05, 4.69) is 5.32 Å². The number of hydrogen-bond acceptors (Lipinski definition) is 5. The van der Waals surface area contributed by atoms with Crippen molar-refractivity contribution in [3.05, 3.63) is 114 Å². The van der Waals surface area contributed by atoms with E-state index in [4.69, 9.17) is 16.3 Å². The minimum atomic E-state index is -5.19. The van der Waals surface area contributed by atoms with Gasteiger partial charge in [-0.3, -0.25) is 14.4 Å². The van der Waals surface area contributed by atoms with Crippen molar-refractivity contribution >= 4 is 65.4 Å². The van der Waals surface area contributed by atoms with E-state index < -0.39 is 31.6 Å². The Hall–Kier alpha value is -3.85. The summed E-state index contributed by atoms with van der Waals surface area (Å²) >= 11 is 7.66. The minimum absolute atomic E-state index is 0.00284. The third-order valence-corrected chi connectivity index (χ3v) is 11.3. The van der Waals surface area contributed by atoms with Crippen LogP contribution in [0, 0.1) is 0 Å². The number of anilines is 1. The molecule has 0 aliphatic heterocycles. The molecule has 1 N–H and O–H groups in total. The second-order valence-corrected chi connectivity index (χ2v) is 15.1. The number of ether oxygens (including phenoxy) is 1. The topological polar surface area (TPSA) is 75.7 Å². The van der Waals surface area contributed by atoms with E-state index in [1.54, 1.807) is 44.4 Å². The summed E-state index contributed by atoms with van der Waals surface area (Å²) in [5, 5.41) is 4.52. The molecule has 1 unspecified atom stereocenters. The zero-order chi connectivity index (χ0) is 34.9. The number of alkyl halides is 3. The van der Waals surface area contributed by atoms with Gasteiger partial charge in [0.2, 0.25) is 0 Å². The Balaban J connectivity index is 1.36. The molecular formula is C36H35ClF3N2O4PS. The first-order valence-electron chi connectivity index (χ1n) is 15.1. The van der Waals surface area contributed by atoms with Crippen LogP contribution >= 0.6 is 31.3 Å². The van der Waals surface area contributed by atoms with Crippen molar-refractivity contribution in [3.63, 3.8) is 0 Å². The summed E-state index contributed by atoms with van der Waals surface area (Å²) in [6.45, 7) is 0.535. The summed E-state index contributed by atoms with van der Waals surface area (Å²) in [6.07, 6.45) is -3.85. The van der Waals surface area contributed by atoms with E-state index >= 15 is 0 Å². The maximum Gasteiger partial charge on any atom is 0.437 e. The van der Waals surface area contributed by atoms with E-state index in [0.717, 1.165) is 11.1 Å². The first-order chi connectivity index (χ1) is 22.8. The van der Waals surface area contributed by atoms with Gasteiger partial charge in [-0.1, -0.05) is 84.0 Å². The van der Waals surface area contributed by atoms with Gasteiger partial charge < -0.3 is 15.0 Å². The van der Waals surface area contributed by atoms with Crippen LogP contribution in [0.25, 0.3) is 0 Å². The third-order valence-electron chi connectivity index (χ3n) is 7.37. The van der Waals surface area contributed by atoms with Crippen molar-refractivity contribution < 1.29 is 32.3 Å². The number of esters is 1. The molecule has 6 nitrogen and oxygen atoms in total. The molecule has 252 valence electrons. The van der Waals surface area contributed by atoms with Crippen LogP contribution in [0.4, 0.5) is 18.9 Å². The first kappa shape index (κ1) is 37.0. The van der Waals surface area contributed by atoms with E-state index in [1.165, 1.54) is 39.4 Å². The molecule has 1 atom stereocenters. The first-order valence-corrected chi connectivity index (χ1v) is 17.8. The quantitative estimate of drug-likeness (QED) is 0.0857. The molecule has 12 heteroatoms.